The normalized spacial score (nSPS) is 17.3. The third kappa shape index (κ3) is 2.08. The number of carbonyl (C=O) groups is 2. The van der Waals surface area contributed by atoms with Crippen LogP contribution in [-0.2, 0) is 4.79 Å². The zero-order chi connectivity index (χ0) is 14.4. The lowest BCUT2D eigenvalue weighted by Gasteiger charge is -2.28. The molecule has 0 bridgehead atoms. The molecule has 0 spiro atoms. The van der Waals surface area contributed by atoms with Crippen molar-refractivity contribution in [1.29, 1.82) is 0 Å². The molecule has 2 aliphatic rings. The summed E-state index contributed by atoms with van der Waals surface area (Å²) < 4.78 is 5.22. The van der Waals surface area contributed by atoms with E-state index in [1.165, 1.54) is 4.90 Å². The van der Waals surface area contributed by atoms with Crippen molar-refractivity contribution in [2.45, 2.75) is 18.8 Å². The van der Waals surface area contributed by atoms with Crippen molar-refractivity contribution >= 4 is 23.2 Å². The molecule has 1 saturated carbocycles. The number of nitrogens with one attached hydrogen (secondary N) is 1. The molecule has 106 valence electrons. The number of aromatic nitrogens is 1. The van der Waals surface area contributed by atoms with Gasteiger partial charge in [0.05, 0.1) is 11.4 Å². The summed E-state index contributed by atoms with van der Waals surface area (Å²) in [5.74, 6) is 0.630. The first-order chi connectivity index (χ1) is 10.2. The first kappa shape index (κ1) is 12.1. The average Bonchev–Trinajstić information content (AvgIpc) is 3.23. The summed E-state index contributed by atoms with van der Waals surface area (Å²) in [6.45, 7) is -0.0124. The first-order valence-electron chi connectivity index (χ1n) is 6.90. The number of carbonyl (C=O) groups excluding carboxylic acids is 2. The molecule has 1 aromatic carbocycles. The number of amides is 2. The molecule has 2 heterocycles. The maximum atomic E-state index is 12.6. The van der Waals surface area contributed by atoms with Gasteiger partial charge in [0.1, 0.15) is 12.3 Å². The van der Waals surface area contributed by atoms with Gasteiger partial charge in [0, 0.05) is 12.0 Å². The van der Waals surface area contributed by atoms with E-state index in [0.717, 1.165) is 18.6 Å². The topological polar surface area (TPSA) is 75.4 Å². The zero-order valence-electron chi connectivity index (χ0n) is 11.2. The fraction of sp³-hybridized carbons (Fsp3) is 0.267. The Morgan fingerprint density at radius 1 is 1.33 bits per heavy atom. The maximum Gasteiger partial charge on any atom is 0.281 e. The molecule has 1 fully saturated rings. The quantitative estimate of drug-likeness (QED) is 0.916. The van der Waals surface area contributed by atoms with E-state index >= 15 is 0 Å². The molecule has 6 heteroatoms. The minimum Gasteiger partial charge on any atom is -0.360 e. The second-order valence-electron chi connectivity index (χ2n) is 5.35. The average molecular weight is 283 g/mol. The first-order valence-corrected chi connectivity index (χ1v) is 6.90. The van der Waals surface area contributed by atoms with E-state index in [1.54, 1.807) is 18.2 Å². The van der Waals surface area contributed by atoms with Crippen molar-refractivity contribution in [3.8, 4) is 0 Å². The van der Waals surface area contributed by atoms with Gasteiger partial charge in [-0.15, -0.1) is 0 Å². The predicted octanol–water partition coefficient (Wildman–Crippen LogP) is 2.15. The number of rotatable bonds is 2. The molecule has 2 amide bonds. The van der Waals surface area contributed by atoms with E-state index in [1.807, 2.05) is 12.1 Å². The van der Waals surface area contributed by atoms with Crippen LogP contribution in [0.3, 0.4) is 0 Å². The van der Waals surface area contributed by atoms with E-state index < -0.39 is 0 Å². The molecule has 1 N–H and O–H groups in total. The molecular weight excluding hydrogens is 270 g/mol. The van der Waals surface area contributed by atoms with Crippen molar-refractivity contribution in [3.63, 3.8) is 0 Å². The van der Waals surface area contributed by atoms with Crippen molar-refractivity contribution in [1.82, 2.24) is 5.16 Å². The van der Waals surface area contributed by atoms with Crippen LogP contribution in [0.15, 0.2) is 34.9 Å². The molecule has 0 radical (unpaired) electrons. The Hall–Kier alpha value is -2.63. The van der Waals surface area contributed by atoms with Crippen LogP contribution in [0.1, 0.15) is 35.0 Å². The summed E-state index contributed by atoms with van der Waals surface area (Å²) in [6.07, 6.45) is 2.16. The van der Waals surface area contributed by atoms with E-state index in [4.69, 9.17) is 4.52 Å². The van der Waals surface area contributed by atoms with Crippen LogP contribution in [-0.4, -0.2) is 23.5 Å². The number of fused-ring (bicyclic) bond motifs is 1. The third-order valence-electron chi connectivity index (χ3n) is 3.74. The number of anilines is 2. The molecule has 1 aliphatic heterocycles. The molecule has 1 aromatic heterocycles. The van der Waals surface area contributed by atoms with Gasteiger partial charge in [0.2, 0.25) is 5.91 Å². The highest BCUT2D eigenvalue weighted by Gasteiger charge is 2.32. The monoisotopic (exact) mass is 283 g/mol. The highest BCUT2D eigenvalue weighted by molar-refractivity contribution is 6.14. The second kappa shape index (κ2) is 4.44. The largest absolute Gasteiger partial charge is 0.360 e. The summed E-state index contributed by atoms with van der Waals surface area (Å²) in [6, 6.07) is 8.90. The summed E-state index contributed by atoms with van der Waals surface area (Å²) in [4.78, 5) is 25.8. The van der Waals surface area contributed by atoms with Crippen LogP contribution in [0.5, 0.6) is 0 Å². The number of hydrogen-bond acceptors (Lipinski definition) is 4. The van der Waals surface area contributed by atoms with Crippen LogP contribution in [0.25, 0.3) is 0 Å². The van der Waals surface area contributed by atoms with Crippen molar-refractivity contribution < 1.29 is 14.1 Å². The highest BCUT2D eigenvalue weighted by atomic mass is 16.5. The predicted molar refractivity (Wildman–Crippen MR) is 75.2 cm³/mol. The fourth-order valence-electron chi connectivity index (χ4n) is 2.50. The molecule has 0 unspecified atom stereocenters. The van der Waals surface area contributed by atoms with E-state index in [0.29, 0.717) is 17.3 Å². The van der Waals surface area contributed by atoms with Crippen molar-refractivity contribution in [2.24, 2.45) is 0 Å². The molecule has 0 atom stereocenters. The molecule has 1 aliphatic carbocycles. The standard InChI is InChI=1S/C15H13N3O3/c19-14-8-18(12-4-2-1-3-10(12)16-14)15(20)11-7-13(21-17-11)9-5-6-9/h1-4,7,9H,5-6,8H2,(H,16,19). The van der Waals surface area contributed by atoms with Gasteiger partial charge in [-0.1, -0.05) is 17.3 Å². The Bertz CT molecular complexity index is 733. The lowest BCUT2D eigenvalue weighted by atomic mass is 10.1. The van der Waals surface area contributed by atoms with E-state index in [9.17, 15) is 9.59 Å². The maximum absolute atomic E-state index is 12.6. The second-order valence-corrected chi connectivity index (χ2v) is 5.35. The van der Waals surface area contributed by atoms with Gasteiger partial charge in [0.15, 0.2) is 5.69 Å². The molecule has 21 heavy (non-hydrogen) atoms. The SMILES string of the molecule is O=C1CN(C(=O)c2cc(C3CC3)on2)c2ccccc2N1. The number of hydrogen-bond donors (Lipinski definition) is 1. The molecule has 4 rings (SSSR count). The van der Waals surface area contributed by atoms with Crippen molar-refractivity contribution in [3.05, 3.63) is 41.8 Å². The molecular formula is C15H13N3O3. The van der Waals surface area contributed by atoms with Gasteiger partial charge >= 0.3 is 0 Å². The summed E-state index contributed by atoms with van der Waals surface area (Å²) in [5, 5.41) is 6.61. The fourth-order valence-corrected chi connectivity index (χ4v) is 2.50. The van der Waals surface area contributed by atoms with Gasteiger partial charge in [-0.3, -0.25) is 14.5 Å². The Morgan fingerprint density at radius 2 is 2.14 bits per heavy atom. The minimum atomic E-state index is -0.312. The van der Waals surface area contributed by atoms with Crippen LogP contribution in [0.4, 0.5) is 11.4 Å². The lowest BCUT2D eigenvalue weighted by Crippen LogP contribution is -2.42. The molecule has 2 aromatic rings. The van der Waals surface area contributed by atoms with Gasteiger partial charge in [-0.25, -0.2) is 0 Å². The number of nitrogens with zero attached hydrogens (tertiary/aromatic N) is 2. The van der Waals surface area contributed by atoms with E-state index in [2.05, 4.69) is 10.5 Å². The Labute approximate surface area is 120 Å². The molecule has 0 saturated heterocycles. The van der Waals surface area contributed by atoms with Crippen molar-refractivity contribution in [2.75, 3.05) is 16.8 Å². The Balaban J connectivity index is 1.68. The number of para-hydroxylation sites is 2. The van der Waals surface area contributed by atoms with Crippen LogP contribution >= 0.6 is 0 Å². The number of benzene rings is 1. The van der Waals surface area contributed by atoms with Gasteiger partial charge < -0.3 is 9.84 Å². The third-order valence-corrected chi connectivity index (χ3v) is 3.74. The Kier molecular flexibility index (Phi) is 2.57. The van der Waals surface area contributed by atoms with E-state index in [-0.39, 0.29) is 24.1 Å². The molecule has 6 nitrogen and oxygen atoms in total. The van der Waals surface area contributed by atoms with Crippen LogP contribution < -0.4 is 10.2 Å². The van der Waals surface area contributed by atoms with Gasteiger partial charge in [-0.05, 0) is 25.0 Å². The van der Waals surface area contributed by atoms with Crippen LogP contribution in [0, 0.1) is 0 Å². The highest BCUT2D eigenvalue weighted by Crippen LogP contribution is 2.40. The van der Waals surface area contributed by atoms with Gasteiger partial charge in [-0.2, -0.15) is 0 Å². The summed E-state index contributed by atoms with van der Waals surface area (Å²) in [5.41, 5.74) is 1.56. The smallest absolute Gasteiger partial charge is 0.281 e. The minimum absolute atomic E-state index is 0.0124. The van der Waals surface area contributed by atoms with Gasteiger partial charge in [0.25, 0.3) is 5.91 Å². The summed E-state index contributed by atoms with van der Waals surface area (Å²) in [7, 11) is 0. The lowest BCUT2D eigenvalue weighted by molar-refractivity contribution is -0.115. The summed E-state index contributed by atoms with van der Waals surface area (Å²) >= 11 is 0. The Morgan fingerprint density at radius 3 is 2.95 bits per heavy atom. The van der Waals surface area contributed by atoms with Crippen LogP contribution in [0.2, 0.25) is 0 Å². The zero-order valence-corrected chi connectivity index (χ0v) is 11.2.